The van der Waals surface area contributed by atoms with Gasteiger partial charge in [-0.1, -0.05) is 6.42 Å². The van der Waals surface area contributed by atoms with E-state index in [9.17, 15) is 4.39 Å². The summed E-state index contributed by atoms with van der Waals surface area (Å²) in [6.07, 6.45) is 4.90. The number of hydrogen-bond donors (Lipinski definition) is 2. The van der Waals surface area contributed by atoms with Crippen LogP contribution in [-0.2, 0) is 0 Å². The number of benzene rings is 1. The van der Waals surface area contributed by atoms with E-state index >= 15 is 0 Å². The summed E-state index contributed by atoms with van der Waals surface area (Å²) in [7, 11) is 0. The Morgan fingerprint density at radius 1 is 1.09 bits per heavy atom. The average Bonchev–Trinajstić information content (AvgIpc) is 2.41. The number of halogens is 3. The molecule has 5 nitrogen and oxygen atoms in total. The largest absolute Gasteiger partial charge is 0.369 e. The topological polar surface area (TPSA) is 80.0 Å². The fourth-order valence-electron chi connectivity index (χ4n) is 3.19. The summed E-state index contributed by atoms with van der Waals surface area (Å²) in [4.78, 5) is 10.6. The molecule has 8 heteroatoms. The van der Waals surface area contributed by atoms with Crippen molar-refractivity contribution in [3.63, 3.8) is 0 Å². The molecule has 0 radical (unpaired) electrons. The van der Waals surface area contributed by atoms with Crippen LogP contribution < -0.4 is 16.4 Å². The Bertz CT molecular complexity index is 644. The van der Waals surface area contributed by atoms with Crippen LogP contribution in [0.5, 0.6) is 0 Å². The van der Waals surface area contributed by atoms with Gasteiger partial charge in [0.05, 0.1) is 5.69 Å². The highest BCUT2D eigenvalue weighted by molar-refractivity contribution is 9.11. The van der Waals surface area contributed by atoms with Gasteiger partial charge in [-0.15, -0.1) is 0 Å². The van der Waals surface area contributed by atoms with Crippen molar-refractivity contribution >= 4 is 49.5 Å². The molecule has 1 aliphatic carbocycles. The molecule has 1 aromatic rings. The number of guanidine groups is 2. The molecule has 0 amide bonds. The Kier molecular flexibility index (Phi) is 4.15. The number of anilines is 1. The van der Waals surface area contributed by atoms with Gasteiger partial charge in [-0.05, 0) is 69.7 Å². The molecule has 3 rings (SSSR count). The quantitative estimate of drug-likeness (QED) is 0.712. The van der Waals surface area contributed by atoms with Crippen molar-refractivity contribution in [1.82, 2.24) is 0 Å². The van der Waals surface area contributed by atoms with Crippen LogP contribution in [-0.4, -0.2) is 17.6 Å². The smallest absolute Gasteiger partial charge is 0.220 e. The fourth-order valence-corrected chi connectivity index (χ4v) is 4.68. The summed E-state index contributed by atoms with van der Waals surface area (Å²) < 4.78 is 14.8. The Morgan fingerprint density at radius 2 is 1.68 bits per heavy atom. The minimum absolute atomic E-state index is 0.199. The Hall–Kier alpha value is -1.15. The van der Waals surface area contributed by atoms with Crippen LogP contribution in [0.25, 0.3) is 0 Å². The summed E-state index contributed by atoms with van der Waals surface area (Å²) in [6, 6.07) is 2.82. The van der Waals surface area contributed by atoms with Crippen molar-refractivity contribution in [2.75, 3.05) is 4.90 Å². The van der Waals surface area contributed by atoms with E-state index in [0.717, 1.165) is 37.8 Å². The molecule has 2 aliphatic rings. The number of aliphatic imine (C=N–C) groups is 2. The molecule has 1 fully saturated rings. The van der Waals surface area contributed by atoms with Crippen molar-refractivity contribution in [2.45, 2.75) is 37.8 Å². The van der Waals surface area contributed by atoms with E-state index < -0.39 is 5.66 Å². The molecular weight excluding hydrogens is 417 g/mol. The van der Waals surface area contributed by atoms with E-state index in [-0.39, 0.29) is 17.7 Å². The summed E-state index contributed by atoms with van der Waals surface area (Å²) in [5, 5.41) is 0. The van der Waals surface area contributed by atoms with Crippen LogP contribution in [0.3, 0.4) is 0 Å². The van der Waals surface area contributed by atoms with Crippen molar-refractivity contribution in [1.29, 1.82) is 0 Å². The molecular formula is C14H16Br2FN5. The molecule has 1 spiro atoms. The first-order valence-electron chi connectivity index (χ1n) is 7.07. The lowest BCUT2D eigenvalue weighted by Gasteiger charge is -2.46. The third kappa shape index (κ3) is 2.62. The summed E-state index contributed by atoms with van der Waals surface area (Å²) in [5.41, 5.74) is 12.2. The number of nitrogens with two attached hydrogens (primary N) is 2. The van der Waals surface area contributed by atoms with Gasteiger partial charge < -0.3 is 11.5 Å². The van der Waals surface area contributed by atoms with Gasteiger partial charge in [0.1, 0.15) is 11.5 Å². The highest BCUT2D eigenvalue weighted by atomic mass is 79.9. The van der Waals surface area contributed by atoms with Gasteiger partial charge in [-0.25, -0.2) is 9.38 Å². The highest BCUT2D eigenvalue weighted by Gasteiger charge is 2.43. The predicted molar refractivity (Wildman–Crippen MR) is 93.3 cm³/mol. The van der Waals surface area contributed by atoms with Crippen molar-refractivity contribution in [2.24, 2.45) is 21.5 Å². The number of hydrogen-bond acceptors (Lipinski definition) is 5. The fraction of sp³-hybridized carbons (Fsp3) is 0.429. The Balaban J connectivity index is 2.16. The van der Waals surface area contributed by atoms with E-state index in [4.69, 9.17) is 11.5 Å². The standard InChI is InChI=1S/C14H16Br2FN5/c15-9-6-8(17)7-10(16)11(9)22-13(19)20-12(18)21-14(22)4-2-1-3-5-14/h6-7H,1-5H2,(H4,18,19,20,21). The molecule has 0 saturated heterocycles. The Labute approximate surface area is 144 Å². The third-order valence-electron chi connectivity index (χ3n) is 4.06. The zero-order valence-corrected chi connectivity index (χ0v) is 15.0. The molecule has 118 valence electrons. The van der Waals surface area contributed by atoms with Gasteiger partial charge in [-0.3, -0.25) is 4.90 Å². The third-order valence-corrected chi connectivity index (χ3v) is 5.27. The summed E-state index contributed by atoms with van der Waals surface area (Å²) in [5.74, 6) is 0.142. The second kappa shape index (κ2) is 5.81. The second-order valence-corrected chi connectivity index (χ2v) is 7.25. The number of rotatable bonds is 1. The summed E-state index contributed by atoms with van der Waals surface area (Å²) >= 11 is 6.85. The van der Waals surface area contributed by atoms with Crippen LogP contribution in [0.4, 0.5) is 10.1 Å². The van der Waals surface area contributed by atoms with Crippen LogP contribution in [0.2, 0.25) is 0 Å². The van der Waals surface area contributed by atoms with Gasteiger partial charge in [0.15, 0.2) is 0 Å². The molecule has 22 heavy (non-hydrogen) atoms. The van der Waals surface area contributed by atoms with Crippen LogP contribution >= 0.6 is 31.9 Å². The van der Waals surface area contributed by atoms with Crippen molar-refractivity contribution < 1.29 is 4.39 Å². The van der Waals surface area contributed by atoms with Gasteiger partial charge in [0.2, 0.25) is 11.9 Å². The van der Waals surface area contributed by atoms with Gasteiger partial charge in [0.25, 0.3) is 0 Å². The van der Waals surface area contributed by atoms with Crippen molar-refractivity contribution in [3.8, 4) is 0 Å². The molecule has 1 aliphatic heterocycles. The lowest BCUT2D eigenvalue weighted by molar-refractivity contribution is 0.305. The first-order chi connectivity index (χ1) is 10.4. The molecule has 0 atom stereocenters. The SMILES string of the molecule is NC1=NC2(CCCCC2)N(c2c(Br)cc(F)cc2Br)C(N)=N1. The van der Waals surface area contributed by atoms with E-state index in [1.54, 1.807) is 0 Å². The maximum atomic E-state index is 13.6. The molecule has 0 aromatic heterocycles. The highest BCUT2D eigenvalue weighted by Crippen LogP contribution is 2.44. The van der Waals surface area contributed by atoms with Crippen molar-refractivity contribution in [3.05, 3.63) is 26.9 Å². The first kappa shape index (κ1) is 15.7. The molecule has 1 heterocycles. The average molecular weight is 433 g/mol. The van der Waals surface area contributed by atoms with Gasteiger partial charge in [-0.2, -0.15) is 4.99 Å². The zero-order valence-electron chi connectivity index (χ0n) is 11.8. The normalized spacial score (nSPS) is 20.8. The van der Waals surface area contributed by atoms with Crippen LogP contribution in [0, 0.1) is 5.82 Å². The molecule has 0 unspecified atom stereocenters. The minimum Gasteiger partial charge on any atom is -0.369 e. The van der Waals surface area contributed by atoms with E-state index in [0.29, 0.717) is 8.95 Å². The van der Waals surface area contributed by atoms with Gasteiger partial charge >= 0.3 is 0 Å². The van der Waals surface area contributed by atoms with E-state index in [2.05, 4.69) is 41.8 Å². The first-order valence-corrected chi connectivity index (χ1v) is 8.66. The van der Waals surface area contributed by atoms with Gasteiger partial charge in [0, 0.05) is 8.95 Å². The lowest BCUT2D eigenvalue weighted by Crippen LogP contribution is -2.58. The second-order valence-electron chi connectivity index (χ2n) is 5.54. The molecule has 0 bridgehead atoms. The summed E-state index contributed by atoms with van der Waals surface area (Å²) in [6.45, 7) is 0. The molecule has 1 aromatic carbocycles. The monoisotopic (exact) mass is 431 g/mol. The molecule has 4 N–H and O–H groups in total. The maximum Gasteiger partial charge on any atom is 0.220 e. The van der Waals surface area contributed by atoms with Crippen LogP contribution in [0.15, 0.2) is 31.1 Å². The van der Waals surface area contributed by atoms with E-state index in [1.165, 1.54) is 12.1 Å². The number of nitrogens with zero attached hydrogens (tertiary/aromatic N) is 3. The zero-order chi connectivity index (χ0) is 15.9. The molecule has 1 saturated carbocycles. The minimum atomic E-state index is -0.545. The van der Waals surface area contributed by atoms with Crippen LogP contribution in [0.1, 0.15) is 32.1 Å². The Morgan fingerprint density at radius 3 is 2.27 bits per heavy atom. The maximum absolute atomic E-state index is 13.6. The van der Waals surface area contributed by atoms with E-state index in [1.807, 2.05) is 4.90 Å². The predicted octanol–water partition coefficient (Wildman–Crippen LogP) is 3.46. The lowest BCUT2D eigenvalue weighted by atomic mass is 9.87.